The van der Waals surface area contributed by atoms with Crippen LogP contribution in [0.15, 0.2) is 24.3 Å². The second-order valence-electron chi connectivity index (χ2n) is 5.14. The van der Waals surface area contributed by atoms with Gasteiger partial charge in [-0.1, -0.05) is 19.1 Å². The number of nitrogens with zero attached hydrogens (tertiary/aromatic N) is 1. The summed E-state index contributed by atoms with van der Waals surface area (Å²) < 4.78 is 5.48. The van der Waals surface area contributed by atoms with Crippen molar-refractivity contribution in [3.63, 3.8) is 0 Å². The van der Waals surface area contributed by atoms with E-state index in [1.54, 1.807) is 0 Å². The monoisotopic (exact) mass is 262 g/mol. The molecule has 0 amide bonds. The molecule has 0 aliphatic carbocycles. The van der Waals surface area contributed by atoms with E-state index in [4.69, 9.17) is 4.74 Å². The highest BCUT2D eigenvalue weighted by atomic mass is 16.5. The van der Waals surface area contributed by atoms with Crippen LogP contribution in [0.25, 0.3) is 0 Å². The molecule has 1 saturated heterocycles. The third kappa shape index (κ3) is 4.22. The lowest BCUT2D eigenvalue weighted by Gasteiger charge is -2.34. The Morgan fingerprint density at radius 3 is 2.63 bits per heavy atom. The van der Waals surface area contributed by atoms with Crippen LogP contribution in [0.3, 0.4) is 0 Å². The molecule has 0 radical (unpaired) electrons. The molecule has 1 aliphatic heterocycles. The quantitative estimate of drug-likeness (QED) is 0.853. The summed E-state index contributed by atoms with van der Waals surface area (Å²) in [6.07, 6.45) is 2.61. The fraction of sp³-hybridized carbons (Fsp3) is 0.625. The van der Waals surface area contributed by atoms with Crippen LogP contribution in [-0.4, -0.2) is 37.2 Å². The molecule has 1 aromatic carbocycles. The van der Waals surface area contributed by atoms with E-state index in [-0.39, 0.29) is 0 Å². The molecule has 3 nitrogen and oxygen atoms in total. The van der Waals surface area contributed by atoms with Crippen molar-refractivity contribution in [3.8, 4) is 5.75 Å². The van der Waals surface area contributed by atoms with Crippen LogP contribution in [0.5, 0.6) is 5.75 Å². The Hall–Kier alpha value is -1.06. The summed E-state index contributed by atoms with van der Waals surface area (Å²) in [4.78, 5) is 2.57. The van der Waals surface area contributed by atoms with E-state index < -0.39 is 0 Å². The van der Waals surface area contributed by atoms with E-state index in [1.165, 1.54) is 24.9 Å². The van der Waals surface area contributed by atoms with Crippen LogP contribution >= 0.6 is 0 Å². The summed E-state index contributed by atoms with van der Waals surface area (Å²) in [5.74, 6) is 0.966. The average molecular weight is 262 g/mol. The van der Waals surface area contributed by atoms with Gasteiger partial charge in [-0.3, -0.25) is 4.90 Å². The molecule has 2 rings (SSSR count). The molecule has 106 valence electrons. The molecule has 0 spiro atoms. The first-order chi connectivity index (χ1) is 9.33. The molecule has 0 bridgehead atoms. The minimum Gasteiger partial charge on any atom is -0.494 e. The molecule has 1 atom stereocenters. The van der Waals surface area contributed by atoms with E-state index >= 15 is 0 Å². The van der Waals surface area contributed by atoms with E-state index in [2.05, 4.69) is 41.4 Å². The number of likely N-dealkylation sites (N-methyl/N-ethyl adjacent to an activating group) is 1. The maximum absolute atomic E-state index is 5.48. The van der Waals surface area contributed by atoms with Gasteiger partial charge in [0.2, 0.25) is 0 Å². The molecule has 1 aliphatic rings. The van der Waals surface area contributed by atoms with E-state index in [9.17, 15) is 0 Å². The molecule has 19 heavy (non-hydrogen) atoms. The van der Waals surface area contributed by atoms with Crippen molar-refractivity contribution in [1.29, 1.82) is 0 Å². The van der Waals surface area contributed by atoms with Crippen molar-refractivity contribution in [2.24, 2.45) is 0 Å². The second-order valence-corrected chi connectivity index (χ2v) is 5.14. The lowest BCUT2D eigenvalue weighted by atomic mass is 10.0. The zero-order valence-electron chi connectivity index (χ0n) is 12.2. The normalized spacial score (nSPS) is 19.6. The number of ether oxygens (including phenoxy) is 1. The van der Waals surface area contributed by atoms with Gasteiger partial charge >= 0.3 is 0 Å². The average Bonchev–Trinajstić information content (AvgIpc) is 2.48. The lowest BCUT2D eigenvalue weighted by molar-refractivity contribution is 0.166. The van der Waals surface area contributed by atoms with Crippen LogP contribution in [0, 0.1) is 0 Å². The summed E-state index contributed by atoms with van der Waals surface area (Å²) in [5.41, 5.74) is 1.37. The van der Waals surface area contributed by atoms with Crippen molar-refractivity contribution in [2.75, 3.05) is 26.2 Å². The Morgan fingerprint density at radius 2 is 2.05 bits per heavy atom. The van der Waals surface area contributed by atoms with Gasteiger partial charge in [0.15, 0.2) is 0 Å². The van der Waals surface area contributed by atoms with Gasteiger partial charge in [-0.15, -0.1) is 0 Å². The van der Waals surface area contributed by atoms with E-state index in [1.807, 2.05) is 6.92 Å². The Bertz CT molecular complexity index is 358. The maximum Gasteiger partial charge on any atom is 0.119 e. The fourth-order valence-electron chi connectivity index (χ4n) is 2.74. The summed E-state index contributed by atoms with van der Waals surface area (Å²) in [6, 6.07) is 9.20. The molecule has 1 heterocycles. The molecule has 1 N–H and O–H groups in total. The van der Waals surface area contributed by atoms with Crippen LogP contribution < -0.4 is 10.1 Å². The summed E-state index contributed by atoms with van der Waals surface area (Å²) in [6.45, 7) is 9.46. The van der Waals surface area contributed by atoms with E-state index in [0.29, 0.717) is 6.04 Å². The van der Waals surface area contributed by atoms with Crippen molar-refractivity contribution >= 4 is 0 Å². The first kappa shape index (κ1) is 14.4. The van der Waals surface area contributed by atoms with Gasteiger partial charge in [0.05, 0.1) is 6.61 Å². The molecule has 0 aromatic heterocycles. The highest BCUT2D eigenvalue weighted by Gasteiger charge is 2.19. The first-order valence-corrected chi connectivity index (χ1v) is 7.50. The number of nitrogens with one attached hydrogen (secondary N) is 1. The second kappa shape index (κ2) is 7.51. The molecular weight excluding hydrogens is 236 g/mol. The Kier molecular flexibility index (Phi) is 5.67. The first-order valence-electron chi connectivity index (χ1n) is 7.50. The lowest BCUT2D eigenvalue weighted by Crippen LogP contribution is -2.45. The fourth-order valence-corrected chi connectivity index (χ4v) is 2.74. The molecule has 1 unspecified atom stereocenters. The van der Waals surface area contributed by atoms with Crippen molar-refractivity contribution in [1.82, 2.24) is 10.2 Å². The number of hydrogen-bond donors (Lipinski definition) is 1. The van der Waals surface area contributed by atoms with Crippen molar-refractivity contribution in [3.05, 3.63) is 29.8 Å². The standard InChI is InChI=1S/C16H26N2O/c1-3-18(15-6-5-11-17-12-15)13-14-7-9-16(10-8-14)19-4-2/h7-10,15,17H,3-6,11-13H2,1-2H3. The van der Waals surface area contributed by atoms with Gasteiger partial charge in [-0.05, 0) is 50.6 Å². The highest BCUT2D eigenvalue weighted by Crippen LogP contribution is 2.17. The Balaban J connectivity index is 1.93. The Labute approximate surface area is 116 Å². The van der Waals surface area contributed by atoms with E-state index in [0.717, 1.165) is 32.0 Å². The number of rotatable bonds is 6. The minimum absolute atomic E-state index is 0.685. The van der Waals surface area contributed by atoms with Gasteiger partial charge < -0.3 is 10.1 Å². The molecule has 1 fully saturated rings. The molecule has 1 aromatic rings. The zero-order chi connectivity index (χ0) is 13.5. The van der Waals surface area contributed by atoms with Gasteiger partial charge in [-0.2, -0.15) is 0 Å². The number of hydrogen-bond acceptors (Lipinski definition) is 3. The number of piperidine rings is 1. The van der Waals surface area contributed by atoms with Gasteiger partial charge in [0.25, 0.3) is 0 Å². The molecular formula is C16H26N2O. The van der Waals surface area contributed by atoms with Gasteiger partial charge in [0, 0.05) is 19.1 Å². The Morgan fingerprint density at radius 1 is 1.26 bits per heavy atom. The van der Waals surface area contributed by atoms with Crippen LogP contribution in [0.1, 0.15) is 32.3 Å². The topological polar surface area (TPSA) is 24.5 Å². The van der Waals surface area contributed by atoms with Crippen LogP contribution in [-0.2, 0) is 6.54 Å². The minimum atomic E-state index is 0.685. The third-order valence-corrected chi connectivity index (χ3v) is 3.81. The van der Waals surface area contributed by atoms with Gasteiger partial charge in [0.1, 0.15) is 5.75 Å². The molecule has 0 saturated carbocycles. The molecule has 3 heteroatoms. The number of benzene rings is 1. The smallest absolute Gasteiger partial charge is 0.119 e. The summed E-state index contributed by atoms with van der Waals surface area (Å²) >= 11 is 0. The predicted molar refractivity (Wildman–Crippen MR) is 79.6 cm³/mol. The zero-order valence-corrected chi connectivity index (χ0v) is 12.2. The SMILES string of the molecule is CCOc1ccc(CN(CC)C2CCCNC2)cc1. The maximum atomic E-state index is 5.48. The largest absolute Gasteiger partial charge is 0.494 e. The van der Waals surface area contributed by atoms with Crippen LogP contribution in [0.2, 0.25) is 0 Å². The summed E-state index contributed by atoms with van der Waals surface area (Å²) in [7, 11) is 0. The van der Waals surface area contributed by atoms with Crippen molar-refractivity contribution < 1.29 is 4.74 Å². The van der Waals surface area contributed by atoms with Crippen LogP contribution in [0.4, 0.5) is 0 Å². The predicted octanol–water partition coefficient (Wildman–Crippen LogP) is 2.66. The highest BCUT2D eigenvalue weighted by molar-refractivity contribution is 5.27. The third-order valence-electron chi connectivity index (χ3n) is 3.81. The van der Waals surface area contributed by atoms with Gasteiger partial charge in [-0.25, -0.2) is 0 Å². The van der Waals surface area contributed by atoms with Crippen molar-refractivity contribution in [2.45, 2.75) is 39.3 Å². The summed E-state index contributed by atoms with van der Waals surface area (Å²) in [5, 5.41) is 3.50.